The average molecular weight is 466 g/mol. The summed E-state index contributed by atoms with van der Waals surface area (Å²) in [6, 6.07) is 6.48. The largest absolute Gasteiger partial charge is 0.487 e. The summed E-state index contributed by atoms with van der Waals surface area (Å²) in [5.74, 6) is 1.11. The number of amides is 1. The van der Waals surface area contributed by atoms with Crippen LogP contribution in [-0.4, -0.2) is 42.6 Å². The third kappa shape index (κ3) is 6.38. The molecule has 0 atom stereocenters. The van der Waals surface area contributed by atoms with Gasteiger partial charge < -0.3 is 15.4 Å². The Labute approximate surface area is 202 Å². The number of rotatable bonds is 5. The van der Waals surface area contributed by atoms with Crippen LogP contribution >= 0.6 is 0 Å². The molecule has 0 aliphatic carbocycles. The highest BCUT2D eigenvalue weighted by molar-refractivity contribution is 5.93. The van der Waals surface area contributed by atoms with Crippen molar-refractivity contribution in [2.24, 2.45) is 5.92 Å². The molecule has 5 nitrogen and oxygen atoms in total. The van der Waals surface area contributed by atoms with E-state index in [1.807, 2.05) is 0 Å². The number of carbonyl (C=O) groups is 1. The third-order valence-electron chi connectivity index (χ3n) is 6.66. The summed E-state index contributed by atoms with van der Waals surface area (Å²) < 4.78 is 19.9. The van der Waals surface area contributed by atoms with Gasteiger partial charge in [0.15, 0.2) is 0 Å². The lowest BCUT2D eigenvalue weighted by molar-refractivity contribution is -0.118. The van der Waals surface area contributed by atoms with Crippen LogP contribution in [0.1, 0.15) is 44.2 Å². The van der Waals surface area contributed by atoms with Crippen LogP contribution < -0.4 is 15.4 Å². The monoisotopic (exact) mass is 465 g/mol. The van der Waals surface area contributed by atoms with Crippen LogP contribution in [0.15, 0.2) is 66.2 Å². The van der Waals surface area contributed by atoms with Gasteiger partial charge in [-0.15, -0.1) is 0 Å². The quantitative estimate of drug-likeness (QED) is 0.669. The number of ether oxygens (including phenoxy) is 1. The van der Waals surface area contributed by atoms with Gasteiger partial charge in [-0.1, -0.05) is 36.9 Å². The van der Waals surface area contributed by atoms with E-state index in [-0.39, 0.29) is 30.3 Å². The molecule has 1 aromatic rings. The first kappa shape index (κ1) is 24.3. The van der Waals surface area contributed by atoms with Gasteiger partial charge in [-0.3, -0.25) is 9.69 Å². The van der Waals surface area contributed by atoms with Crippen LogP contribution in [0.5, 0.6) is 5.75 Å². The standard InChI is InChI=1S/C28H36FN3O2/c1-20-6-4-9-24(29)10-13-30-25(16-20)27(33)31-18-21-11-14-32(15-12-21)19-23-8-5-7-22-17-28(2,3)34-26(22)23/h4-8,10,16,21,30H,1,9,11-15,17-19H2,2-3H3,(H,31,33)/b6-4-,24-10+,25-16-. The fourth-order valence-electron chi connectivity index (χ4n) is 4.83. The Hall–Kier alpha value is -2.86. The van der Waals surface area contributed by atoms with E-state index in [0.717, 1.165) is 44.6 Å². The molecule has 34 heavy (non-hydrogen) atoms. The number of nitrogens with zero attached hydrogens (tertiary/aromatic N) is 1. The molecule has 0 saturated carbocycles. The summed E-state index contributed by atoms with van der Waals surface area (Å²) in [7, 11) is 0. The van der Waals surface area contributed by atoms with E-state index in [4.69, 9.17) is 4.74 Å². The van der Waals surface area contributed by atoms with E-state index < -0.39 is 0 Å². The molecular weight excluding hydrogens is 429 g/mol. The third-order valence-corrected chi connectivity index (χ3v) is 6.66. The van der Waals surface area contributed by atoms with Crippen molar-refractivity contribution in [1.82, 2.24) is 15.5 Å². The van der Waals surface area contributed by atoms with Crippen LogP contribution in [0, 0.1) is 5.92 Å². The van der Waals surface area contributed by atoms with E-state index in [1.165, 1.54) is 17.2 Å². The number of likely N-dealkylation sites (tertiary alicyclic amines) is 1. The first-order valence-electron chi connectivity index (χ1n) is 12.2. The van der Waals surface area contributed by atoms with Crippen molar-refractivity contribution in [1.29, 1.82) is 0 Å². The highest BCUT2D eigenvalue weighted by atomic mass is 19.1. The summed E-state index contributed by atoms with van der Waals surface area (Å²) in [4.78, 5) is 15.2. The molecule has 0 unspecified atom stereocenters. The van der Waals surface area contributed by atoms with Crippen molar-refractivity contribution < 1.29 is 13.9 Å². The van der Waals surface area contributed by atoms with Crippen LogP contribution in [0.3, 0.4) is 0 Å². The van der Waals surface area contributed by atoms with Crippen molar-refractivity contribution >= 4 is 5.91 Å². The van der Waals surface area contributed by atoms with Gasteiger partial charge in [0, 0.05) is 38.0 Å². The Kier molecular flexibility index (Phi) is 7.57. The lowest BCUT2D eigenvalue weighted by Gasteiger charge is -2.32. The molecule has 0 aromatic heterocycles. The highest BCUT2D eigenvalue weighted by Gasteiger charge is 2.32. The molecule has 0 bridgehead atoms. The number of allylic oxidation sites excluding steroid dienone is 5. The molecule has 0 spiro atoms. The zero-order chi connectivity index (χ0) is 24.1. The lowest BCUT2D eigenvalue weighted by atomic mass is 9.96. The predicted octanol–water partition coefficient (Wildman–Crippen LogP) is 4.57. The van der Waals surface area contributed by atoms with Crippen molar-refractivity contribution in [3.8, 4) is 5.75 Å². The summed E-state index contributed by atoms with van der Waals surface area (Å²) in [6.45, 7) is 12.0. The number of nitrogens with one attached hydrogen (secondary N) is 2. The van der Waals surface area contributed by atoms with Crippen LogP contribution in [0.25, 0.3) is 0 Å². The Morgan fingerprint density at radius 2 is 2.12 bits per heavy atom. The average Bonchev–Trinajstić information content (AvgIpc) is 3.12. The van der Waals surface area contributed by atoms with Gasteiger partial charge in [0.1, 0.15) is 22.9 Å². The zero-order valence-corrected chi connectivity index (χ0v) is 20.3. The molecule has 3 aliphatic rings. The van der Waals surface area contributed by atoms with Gasteiger partial charge in [-0.05, 0) is 69.0 Å². The second-order valence-electron chi connectivity index (χ2n) is 10.1. The summed E-state index contributed by atoms with van der Waals surface area (Å²) in [5.41, 5.74) is 3.53. The minimum atomic E-state index is -0.222. The number of hydrogen-bond donors (Lipinski definition) is 2. The maximum Gasteiger partial charge on any atom is 0.267 e. The van der Waals surface area contributed by atoms with Crippen molar-refractivity contribution in [2.75, 3.05) is 26.2 Å². The number of piperidine rings is 1. The minimum absolute atomic E-state index is 0.129. The molecule has 0 radical (unpaired) electrons. The molecule has 1 fully saturated rings. The molecule has 4 rings (SSSR count). The van der Waals surface area contributed by atoms with E-state index in [9.17, 15) is 9.18 Å². The van der Waals surface area contributed by atoms with Crippen molar-refractivity contribution in [3.05, 3.63) is 77.3 Å². The van der Waals surface area contributed by atoms with Gasteiger partial charge in [-0.2, -0.15) is 0 Å². The van der Waals surface area contributed by atoms with E-state index in [1.54, 1.807) is 18.2 Å². The van der Waals surface area contributed by atoms with Gasteiger partial charge in [0.2, 0.25) is 0 Å². The Morgan fingerprint density at radius 1 is 1.32 bits per heavy atom. The fourth-order valence-corrected chi connectivity index (χ4v) is 4.83. The molecule has 182 valence electrons. The molecule has 1 saturated heterocycles. The molecule has 6 heteroatoms. The number of fused-ring (bicyclic) bond motifs is 1. The number of carbonyl (C=O) groups excluding carboxylic acids is 1. The first-order chi connectivity index (χ1) is 16.3. The number of para-hydroxylation sites is 1. The molecule has 2 N–H and O–H groups in total. The Morgan fingerprint density at radius 3 is 2.91 bits per heavy atom. The minimum Gasteiger partial charge on any atom is -0.487 e. The van der Waals surface area contributed by atoms with Crippen LogP contribution in [0.4, 0.5) is 4.39 Å². The molecule has 1 aromatic carbocycles. The smallest absolute Gasteiger partial charge is 0.267 e. The topological polar surface area (TPSA) is 53.6 Å². The van der Waals surface area contributed by atoms with Gasteiger partial charge in [-0.25, -0.2) is 4.39 Å². The Balaban J connectivity index is 1.26. The fraction of sp³-hybridized carbons (Fsp3) is 0.464. The second-order valence-corrected chi connectivity index (χ2v) is 10.1. The van der Waals surface area contributed by atoms with Crippen LogP contribution in [0.2, 0.25) is 0 Å². The predicted molar refractivity (Wildman–Crippen MR) is 134 cm³/mol. The number of hydrogen-bond acceptors (Lipinski definition) is 4. The van der Waals surface area contributed by atoms with E-state index in [2.05, 4.69) is 54.2 Å². The summed E-state index contributed by atoms with van der Waals surface area (Å²) in [6.07, 6.45) is 9.91. The Bertz CT molecular complexity index is 1020. The maximum atomic E-state index is 13.7. The highest BCUT2D eigenvalue weighted by Crippen LogP contribution is 2.38. The normalized spacial score (nSPS) is 25.1. The molecule has 3 aliphatic heterocycles. The van der Waals surface area contributed by atoms with Crippen molar-refractivity contribution in [3.63, 3.8) is 0 Å². The number of halogens is 1. The van der Waals surface area contributed by atoms with Gasteiger partial charge in [0.05, 0.1) is 0 Å². The molecule has 1 amide bonds. The second kappa shape index (κ2) is 10.6. The number of benzene rings is 1. The SMILES string of the molecule is C=C1/C=C\C/C(F)=C\CN/C(C(=O)NCC2CCN(Cc3cccc4c3OC(C)(C)C4)CC2)=C\1. The summed E-state index contributed by atoms with van der Waals surface area (Å²) >= 11 is 0. The van der Waals surface area contributed by atoms with Crippen molar-refractivity contribution in [2.45, 2.75) is 51.7 Å². The van der Waals surface area contributed by atoms with Gasteiger partial charge >= 0.3 is 0 Å². The maximum absolute atomic E-state index is 13.7. The lowest BCUT2D eigenvalue weighted by Crippen LogP contribution is -2.40. The molecule has 3 heterocycles. The first-order valence-corrected chi connectivity index (χ1v) is 12.2. The summed E-state index contributed by atoms with van der Waals surface area (Å²) in [5, 5.41) is 6.07. The zero-order valence-electron chi connectivity index (χ0n) is 20.3. The molecular formula is C28H36FN3O2. The van der Waals surface area contributed by atoms with E-state index in [0.29, 0.717) is 23.7 Å². The van der Waals surface area contributed by atoms with E-state index >= 15 is 0 Å². The van der Waals surface area contributed by atoms with Gasteiger partial charge in [0.25, 0.3) is 5.91 Å². The van der Waals surface area contributed by atoms with Crippen LogP contribution in [-0.2, 0) is 17.8 Å².